The van der Waals surface area contributed by atoms with Gasteiger partial charge in [-0.25, -0.2) is 0 Å². The zero-order valence-electron chi connectivity index (χ0n) is 17.2. The van der Waals surface area contributed by atoms with Crippen molar-refractivity contribution in [1.82, 2.24) is 25.4 Å². The first-order valence-electron chi connectivity index (χ1n) is 10.5. The summed E-state index contributed by atoms with van der Waals surface area (Å²) in [4.78, 5) is 29.3. The second kappa shape index (κ2) is 9.07. The molecule has 0 aliphatic heterocycles. The molecule has 1 saturated carbocycles. The highest BCUT2D eigenvalue weighted by molar-refractivity contribution is 5.96. The number of amides is 2. The summed E-state index contributed by atoms with van der Waals surface area (Å²) in [7, 11) is 1.88. The summed E-state index contributed by atoms with van der Waals surface area (Å²) >= 11 is 0. The molecule has 0 bridgehead atoms. The van der Waals surface area contributed by atoms with Gasteiger partial charge in [-0.1, -0.05) is 24.3 Å². The van der Waals surface area contributed by atoms with E-state index in [-0.39, 0.29) is 23.9 Å². The number of hydrogen-bond acceptors (Lipinski definition) is 4. The number of rotatable bonds is 6. The number of aryl methyl sites for hydroxylation is 2. The maximum absolute atomic E-state index is 12.7. The lowest BCUT2D eigenvalue weighted by atomic mass is 9.90. The summed E-state index contributed by atoms with van der Waals surface area (Å²) in [6.07, 6.45) is 8.16. The molecule has 0 unspecified atom stereocenters. The third-order valence-electron chi connectivity index (χ3n) is 5.77. The van der Waals surface area contributed by atoms with Crippen LogP contribution in [0.3, 0.4) is 0 Å². The Labute approximate surface area is 175 Å². The molecule has 4 rings (SSSR count). The standard InChI is InChI=1S/C23H27N5O2/c1-28-20(11-12-25-28)9-10-22(29)26-18-7-4-8-19(14-18)27-23(30)21-13-16-5-2-3-6-17(16)15-24-21/h2-3,5-6,11-13,15,18-19H,4,7-10,14H2,1H3,(H,26,29)(H,27,30)/t18-,19-/m1/s1. The molecule has 1 fully saturated rings. The Kier molecular flexibility index (Phi) is 6.07. The second-order valence-electron chi connectivity index (χ2n) is 7.96. The van der Waals surface area contributed by atoms with Crippen molar-refractivity contribution in [2.24, 2.45) is 7.05 Å². The Bertz CT molecular complexity index is 1040. The number of nitrogens with zero attached hydrogens (tertiary/aromatic N) is 3. The lowest BCUT2D eigenvalue weighted by molar-refractivity contribution is -0.122. The van der Waals surface area contributed by atoms with Gasteiger partial charge in [-0.3, -0.25) is 19.3 Å². The molecule has 7 nitrogen and oxygen atoms in total. The van der Waals surface area contributed by atoms with Gasteiger partial charge in [-0.15, -0.1) is 0 Å². The lowest BCUT2D eigenvalue weighted by Crippen LogP contribution is -2.46. The topological polar surface area (TPSA) is 88.9 Å². The van der Waals surface area contributed by atoms with E-state index in [1.165, 1.54) is 0 Å². The van der Waals surface area contributed by atoms with Crippen molar-refractivity contribution in [3.63, 3.8) is 0 Å². The Balaban J connectivity index is 1.29. The van der Waals surface area contributed by atoms with Gasteiger partial charge in [-0.2, -0.15) is 5.10 Å². The summed E-state index contributed by atoms with van der Waals surface area (Å²) in [6, 6.07) is 11.8. The van der Waals surface area contributed by atoms with E-state index >= 15 is 0 Å². The van der Waals surface area contributed by atoms with Crippen LogP contribution in [-0.2, 0) is 18.3 Å². The molecule has 2 amide bonds. The average Bonchev–Trinajstić information content (AvgIpc) is 3.17. The van der Waals surface area contributed by atoms with Crippen molar-refractivity contribution in [1.29, 1.82) is 0 Å². The summed E-state index contributed by atoms with van der Waals surface area (Å²) < 4.78 is 1.79. The van der Waals surface area contributed by atoms with E-state index in [1.807, 2.05) is 43.4 Å². The lowest BCUT2D eigenvalue weighted by Gasteiger charge is -2.30. The van der Waals surface area contributed by atoms with E-state index in [4.69, 9.17) is 0 Å². The molecular formula is C23H27N5O2. The van der Waals surface area contributed by atoms with Crippen molar-refractivity contribution >= 4 is 22.6 Å². The van der Waals surface area contributed by atoms with Crippen LogP contribution in [0.2, 0.25) is 0 Å². The molecule has 2 atom stereocenters. The van der Waals surface area contributed by atoms with E-state index in [9.17, 15) is 9.59 Å². The third-order valence-corrected chi connectivity index (χ3v) is 5.77. The number of carbonyl (C=O) groups is 2. The minimum Gasteiger partial charge on any atom is -0.353 e. The molecule has 2 N–H and O–H groups in total. The fourth-order valence-electron chi connectivity index (χ4n) is 4.11. The van der Waals surface area contributed by atoms with Crippen LogP contribution in [0.4, 0.5) is 0 Å². The van der Waals surface area contributed by atoms with Crippen LogP contribution in [0.5, 0.6) is 0 Å². The maximum atomic E-state index is 12.7. The molecule has 156 valence electrons. The minimum atomic E-state index is -0.158. The van der Waals surface area contributed by atoms with Gasteiger partial charge in [0.15, 0.2) is 0 Å². The van der Waals surface area contributed by atoms with Gasteiger partial charge >= 0.3 is 0 Å². The summed E-state index contributed by atoms with van der Waals surface area (Å²) in [5, 5.41) is 12.4. The van der Waals surface area contributed by atoms with Crippen molar-refractivity contribution in [3.8, 4) is 0 Å². The molecule has 1 aliphatic carbocycles. The fraction of sp³-hybridized carbons (Fsp3) is 0.391. The highest BCUT2D eigenvalue weighted by Crippen LogP contribution is 2.20. The first-order valence-corrected chi connectivity index (χ1v) is 10.5. The Morgan fingerprint density at radius 2 is 1.87 bits per heavy atom. The summed E-state index contributed by atoms with van der Waals surface area (Å²) in [5.74, 6) is -0.113. The number of aromatic nitrogens is 3. The van der Waals surface area contributed by atoms with Crippen molar-refractivity contribution < 1.29 is 9.59 Å². The van der Waals surface area contributed by atoms with Gasteiger partial charge in [-0.05, 0) is 49.6 Å². The van der Waals surface area contributed by atoms with Crippen molar-refractivity contribution in [3.05, 3.63) is 60.2 Å². The van der Waals surface area contributed by atoms with Gasteiger partial charge in [0.05, 0.1) is 0 Å². The number of fused-ring (bicyclic) bond motifs is 1. The smallest absolute Gasteiger partial charge is 0.270 e. The normalized spacial score (nSPS) is 18.8. The zero-order chi connectivity index (χ0) is 20.9. The molecular weight excluding hydrogens is 378 g/mol. The average molecular weight is 406 g/mol. The number of hydrogen-bond donors (Lipinski definition) is 2. The maximum Gasteiger partial charge on any atom is 0.270 e. The number of carbonyl (C=O) groups excluding carboxylic acids is 2. The van der Waals surface area contributed by atoms with Crippen LogP contribution in [0, 0.1) is 0 Å². The summed E-state index contributed by atoms with van der Waals surface area (Å²) in [5.41, 5.74) is 1.47. The number of pyridine rings is 1. The van der Waals surface area contributed by atoms with E-state index < -0.39 is 0 Å². The molecule has 1 aromatic carbocycles. The van der Waals surface area contributed by atoms with E-state index in [2.05, 4.69) is 20.7 Å². The predicted molar refractivity (Wildman–Crippen MR) is 115 cm³/mol. The van der Waals surface area contributed by atoms with E-state index in [0.717, 1.165) is 42.1 Å². The fourth-order valence-corrected chi connectivity index (χ4v) is 4.11. The number of nitrogens with one attached hydrogen (secondary N) is 2. The molecule has 2 aromatic heterocycles. The van der Waals surface area contributed by atoms with Crippen LogP contribution in [0.15, 0.2) is 48.8 Å². The molecule has 0 spiro atoms. The zero-order valence-corrected chi connectivity index (χ0v) is 17.2. The van der Waals surface area contributed by atoms with Crippen LogP contribution in [0.25, 0.3) is 10.8 Å². The number of benzene rings is 1. The SMILES string of the molecule is Cn1nccc1CCC(=O)N[C@@H]1CCC[C@@H](NC(=O)c2cc3ccccc3cn2)C1. The largest absolute Gasteiger partial charge is 0.353 e. The Morgan fingerprint density at radius 3 is 2.63 bits per heavy atom. The minimum absolute atomic E-state index is 0.0434. The van der Waals surface area contributed by atoms with Crippen LogP contribution >= 0.6 is 0 Å². The Hall–Kier alpha value is -3.22. The van der Waals surface area contributed by atoms with Gasteiger partial charge in [0.25, 0.3) is 5.91 Å². The molecule has 0 saturated heterocycles. The summed E-state index contributed by atoms with van der Waals surface area (Å²) in [6.45, 7) is 0. The molecule has 1 aliphatic rings. The van der Waals surface area contributed by atoms with E-state index in [1.54, 1.807) is 17.1 Å². The van der Waals surface area contributed by atoms with E-state index in [0.29, 0.717) is 18.5 Å². The van der Waals surface area contributed by atoms with Crippen molar-refractivity contribution in [2.75, 3.05) is 0 Å². The molecule has 30 heavy (non-hydrogen) atoms. The quantitative estimate of drug-likeness (QED) is 0.660. The highest BCUT2D eigenvalue weighted by atomic mass is 16.2. The Morgan fingerprint density at radius 1 is 1.10 bits per heavy atom. The molecule has 0 radical (unpaired) electrons. The molecule has 2 heterocycles. The van der Waals surface area contributed by atoms with Gasteiger partial charge in [0.1, 0.15) is 5.69 Å². The first kappa shape index (κ1) is 20.1. The monoisotopic (exact) mass is 405 g/mol. The highest BCUT2D eigenvalue weighted by Gasteiger charge is 2.25. The van der Waals surface area contributed by atoms with Crippen LogP contribution in [0.1, 0.15) is 48.3 Å². The van der Waals surface area contributed by atoms with Gasteiger partial charge in [0.2, 0.25) is 5.91 Å². The van der Waals surface area contributed by atoms with Gasteiger partial charge < -0.3 is 10.6 Å². The third kappa shape index (κ3) is 4.84. The molecule has 7 heteroatoms. The van der Waals surface area contributed by atoms with Crippen LogP contribution in [-0.4, -0.2) is 38.7 Å². The second-order valence-corrected chi connectivity index (χ2v) is 7.96. The van der Waals surface area contributed by atoms with Crippen molar-refractivity contribution in [2.45, 2.75) is 50.6 Å². The first-order chi connectivity index (χ1) is 14.6. The van der Waals surface area contributed by atoms with Gasteiger partial charge in [0, 0.05) is 49.0 Å². The molecule has 3 aromatic rings. The van der Waals surface area contributed by atoms with Crippen LogP contribution < -0.4 is 10.6 Å². The predicted octanol–water partition coefficient (Wildman–Crippen LogP) is 2.76.